The van der Waals surface area contributed by atoms with Crippen LogP contribution in [0.25, 0.3) is 0 Å². The average Bonchev–Trinajstić information content (AvgIpc) is 3.55. The van der Waals surface area contributed by atoms with Crippen LogP contribution in [0.1, 0.15) is 266 Å². The second-order valence-electron chi connectivity index (χ2n) is 18.1. The lowest BCUT2D eigenvalue weighted by Crippen LogP contribution is -2.33. The van der Waals surface area contributed by atoms with Crippen molar-refractivity contribution in [2.75, 3.05) is 20.2 Å². The fraction of sp³-hybridized carbons (Fsp3) is 1.00. The van der Waals surface area contributed by atoms with Crippen LogP contribution in [0.4, 0.5) is 0 Å². The highest BCUT2D eigenvalue weighted by molar-refractivity contribution is 4.80. The summed E-state index contributed by atoms with van der Waals surface area (Å²) >= 11 is 0. The zero-order valence-corrected chi connectivity index (χ0v) is 37.2. The first kappa shape index (κ1) is 49.9. The van der Waals surface area contributed by atoms with Crippen molar-refractivity contribution in [1.82, 2.24) is 4.90 Å². The van der Waals surface area contributed by atoms with Crippen LogP contribution in [0, 0.1) is 11.8 Å². The van der Waals surface area contributed by atoms with Crippen molar-refractivity contribution in [2.45, 2.75) is 284 Å². The average molecular weight is 734 g/mol. The first-order chi connectivity index (χ1) is 25.4. The maximum atomic E-state index is 6.83. The van der Waals surface area contributed by atoms with E-state index in [-0.39, 0.29) is 11.9 Å². The molecule has 1 atom stereocenters. The SMILES string of the molecule is CCCCCC(CCCCC)CCCCCCCCCC1(CCCCCCCCCC(CCCCC)CCCCC)OCC(CCN(C)C(C)C)O1. The maximum Gasteiger partial charge on any atom is 0.168 e. The van der Waals surface area contributed by atoms with Gasteiger partial charge in [-0.3, -0.25) is 0 Å². The lowest BCUT2D eigenvalue weighted by Gasteiger charge is -2.29. The smallest absolute Gasteiger partial charge is 0.168 e. The van der Waals surface area contributed by atoms with Crippen LogP contribution < -0.4 is 0 Å². The number of hydrogen-bond donors (Lipinski definition) is 0. The summed E-state index contributed by atoms with van der Waals surface area (Å²) in [7, 11) is 2.24. The summed E-state index contributed by atoms with van der Waals surface area (Å²) in [4.78, 5) is 2.45. The van der Waals surface area contributed by atoms with E-state index < -0.39 is 0 Å². The molecule has 52 heavy (non-hydrogen) atoms. The van der Waals surface area contributed by atoms with Gasteiger partial charge in [0, 0.05) is 25.4 Å². The van der Waals surface area contributed by atoms with Gasteiger partial charge in [-0.15, -0.1) is 0 Å². The van der Waals surface area contributed by atoms with Crippen LogP contribution in [-0.4, -0.2) is 43.0 Å². The summed E-state index contributed by atoms with van der Waals surface area (Å²) in [5.74, 6) is 1.69. The van der Waals surface area contributed by atoms with Gasteiger partial charge in [0.05, 0.1) is 12.7 Å². The number of nitrogens with zero attached hydrogens (tertiary/aromatic N) is 1. The van der Waals surface area contributed by atoms with Crippen molar-refractivity contribution in [3.8, 4) is 0 Å². The predicted octanol–water partition coefficient (Wildman–Crippen LogP) is 16.4. The van der Waals surface area contributed by atoms with E-state index in [0.717, 1.165) is 44.2 Å². The Morgan fingerprint density at radius 2 is 0.808 bits per heavy atom. The maximum absolute atomic E-state index is 6.83. The molecule has 0 aromatic rings. The zero-order chi connectivity index (χ0) is 38.0. The summed E-state index contributed by atoms with van der Waals surface area (Å²) < 4.78 is 13.4. The monoisotopic (exact) mass is 734 g/mol. The largest absolute Gasteiger partial charge is 0.347 e. The quantitative estimate of drug-likeness (QED) is 0.0585. The predicted molar refractivity (Wildman–Crippen MR) is 233 cm³/mol. The molecule has 0 bridgehead atoms. The molecular formula is C49H99NO2. The van der Waals surface area contributed by atoms with Gasteiger partial charge >= 0.3 is 0 Å². The molecule has 0 aliphatic carbocycles. The van der Waals surface area contributed by atoms with Gasteiger partial charge < -0.3 is 14.4 Å². The van der Waals surface area contributed by atoms with Gasteiger partial charge in [-0.25, -0.2) is 0 Å². The molecule has 1 fully saturated rings. The fourth-order valence-corrected chi connectivity index (χ4v) is 8.77. The molecule has 0 aromatic carbocycles. The molecule has 3 nitrogen and oxygen atoms in total. The summed E-state index contributed by atoms with van der Waals surface area (Å²) in [6.45, 7) is 15.8. The van der Waals surface area contributed by atoms with Crippen molar-refractivity contribution in [1.29, 1.82) is 0 Å². The molecule has 3 heteroatoms. The third kappa shape index (κ3) is 27.5. The van der Waals surface area contributed by atoms with E-state index in [1.54, 1.807) is 0 Å². The Morgan fingerprint density at radius 3 is 1.15 bits per heavy atom. The summed E-state index contributed by atoms with van der Waals surface area (Å²) in [5, 5.41) is 0. The van der Waals surface area contributed by atoms with Gasteiger partial charge in [0.1, 0.15) is 0 Å². The molecule has 1 aliphatic rings. The molecular weight excluding hydrogens is 635 g/mol. The highest BCUT2D eigenvalue weighted by atomic mass is 16.7. The third-order valence-corrected chi connectivity index (χ3v) is 12.8. The molecule has 0 saturated carbocycles. The van der Waals surface area contributed by atoms with Crippen molar-refractivity contribution in [3.05, 3.63) is 0 Å². The Labute approximate surface area is 329 Å². The zero-order valence-electron chi connectivity index (χ0n) is 37.2. The molecule has 1 unspecified atom stereocenters. The third-order valence-electron chi connectivity index (χ3n) is 12.8. The van der Waals surface area contributed by atoms with E-state index in [1.165, 1.54) is 205 Å². The van der Waals surface area contributed by atoms with Crippen molar-refractivity contribution in [2.24, 2.45) is 11.8 Å². The lowest BCUT2D eigenvalue weighted by molar-refractivity contribution is -0.180. The van der Waals surface area contributed by atoms with Crippen LogP contribution >= 0.6 is 0 Å². The van der Waals surface area contributed by atoms with Crippen LogP contribution in [0.15, 0.2) is 0 Å². The highest BCUT2D eigenvalue weighted by Gasteiger charge is 2.40. The van der Waals surface area contributed by atoms with Gasteiger partial charge in [0.15, 0.2) is 5.79 Å². The minimum absolute atomic E-state index is 0.266. The molecule has 0 spiro atoms. The Morgan fingerprint density at radius 1 is 0.481 bits per heavy atom. The van der Waals surface area contributed by atoms with Gasteiger partial charge in [-0.05, 0) is 52.0 Å². The first-order valence-electron chi connectivity index (χ1n) is 24.4. The van der Waals surface area contributed by atoms with E-state index in [9.17, 15) is 0 Å². The fourth-order valence-electron chi connectivity index (χ4n) is 8.77. The summed E-state index contributed by atoms with van der Waals surface area (Å²) in [5.41, 5.74) is 0. The molecule has 1 aliphatic heterocycles. The number of rotatable bonds is 40. The molecule has 1 heterocycles. The lowest BCUT2D eigenvalue weighted by atomic mass is 9.90. The van der Waals surface area contributed by atoms with E-state index >= 15 is 0 Å². The van der Waals surface area contributed by atoms with Crippen LogP contribution in [0.2, 0.25) is 0 Å². The Bertz CT molecular complexity index is 662. The standard InChI is InChI=1S/C49H99NO2/c1-8-12-26-34-46(35-27-13-9-2)38-30-22-18-16-20-24-32-41-49(51-44-48(52-49)40-43-50(7)45(5)6)42-33-25-21-17-19-23-31-39-47(36-28-14-10-3)37-29-15-11-4/h45-48H,8-44H2,1-7H3. The van der Waals surface area contributed by atoms with Crippen molar-refractivity contribution < 1.29 is 9.47 Å². The second kappa shape index (κ2) is 35.3. The van der Waals surface area contributed by atoms with Gasteiger partial charge in [-0.2, -0.15) is 0 Å². The summed E-state index contributed by atoms with van der Waals surface area (Å²) in [6.07, 6.45) is 48.8. The van der Waals surface area contributed by atoms with Crippen molar-refractivity contribution in [3.63, 3.8) is 0 Å². The molecule has 312 valence electrons. The molecule has 0 N–H and O–H groups in total. The topological polar surface area (TPSA) is 21.7 Å². The van der Waals surface area contributed by atoms with E-state index in [2.05, 4.69) is 53.5 Å². The normalized spacial score (nSPS) is 16.1. The molecule has 1 rings (SSSR count). The van der Waals surface area contributed by atoms with Crippen molar-refractivity contribution >= 4 is 0 Å². The van der Waals surface area contributed by atoms with Gasteiger partial charge in [0.25, 0.3) is 0 Å². The minimum Gasteiger partial charge on any atom is -0.347 e. The van der Waals surface area contributed by atoms with E-state index in [4.69, 9.17) is 9.47 Å². The number of hydrogen-bond acceptors (Lipinski definition) is 3. The van der Waals surface area contributed by atoms with Gasteiger partial charge in [0.2, 0.25) is 0 Å². The van der Waals surface area contributed by atoms with Gasteiger partial charge in [-0.1, -0.05) is 220 Å². The second-order valence-corrected chi connectivity index (χ2v) is 18.1. The molecule has 1 saturated heterocycles. The Hall–Kier alpha value is -0.120. The minimum atomic E-state index is -0.309. The molecule has 0 radical (unpaired) electrons. The van der Waals surface area contributed by atoms with Crippen LogP contribution in [0.3, 0.4) is 0 Å². The van der Waals surface area contributed by atoms with E-state index in [0.29, 0.717) is 6.04 Å². The first-order valence-corrected chi connectivity index (χ1v) is 24.4. The molecule has 0 amide bonds. The number of ether oxygens (including phenoxy) is 2. The Kier molecular flexibility index (Phi) is 33.9. The highest BCUT2D eigenvalue weighted by Crippen LogP contribution is 2.36. The summed E-state index contributed by atoms with van der Waals surface area (Å²) in [6, 6.07) is 0.586. The van der Waals surface area contributed by atoms with Crippen LogP contribution in [0.5, 0.6) is 0 Å². The number of unbranched alkanes of at least 4 members (excludes halogenated alkanes) is 20. The Balaban J connectivity index is 2.36. The van der Waals surface area contributed by atoms with E-state index in [1.807, 2.05) is 0 Å². The van der Waals surface area contributed by atoms with Crippen LogP contribution in [-0.2, 0) is 9.47 Å². The molecule has 0 aromatic heterocycles.